The van der Waals surface area contributed by atoms with E-state index in [4.69, 9.17) is 5.11 Å². The lowest BCUT2D eigenvalue weighted by Crippen LogP contribution is -2.45. The predicted octanol–water partition coefficient (Wildman–Crippen LogP) is -1.09. The van der Waals surface area contributed by atoms with E-state index < -0.39 is 28.6 Å². The Balaban J connectivity index is 2.12. The van der Waals surface area contributed by atoms with Crippen LogP contribution in [-0.2, 0) is 26.2 Å². The lowest BCUT2D eigenvalue weighted by Gasteiger charge is -2.14. The lowest BCUT2D eigenvalue weighted by atomic mass is 10.1. The van der Waals surface area contributed by atoms with Crippen LogP contribution in [0.15, 0.2) is 17.3 Å². The number of nitrogens with zero attached hydrogens (tertiary/aromatic N) is 2. The van der Waals surface area contributed by atoms with E-state index in [-0.39, 0.29) is 10.8 Å². The Morgan fingerprint density at radius 2 is 2.29 bits per heavy atom. The van der Waals surface area contributed by atoms with Crippen LogP contribution in [0.5, 0.6) is 0 Å². The van der Waals surface area contributed by atoms with E-state index in [9.17, 15) is 18.0 Å². The molecule has 21 heavy (non-hydrogen) atoms. The zero-order valence-electron chi connectivity index (χ0n) is 11.2. The number of nitrogens with one attached hydrogen (secondary N) is 2. The van der Waals surface area contributed by atoms with Gasteiger partial charge < -0.3 is 10.4 Å². The quantitative estimate of drug-likeness (QED) is 0.633. The Morgan fingerprint density at radius 1 is 1.52 bits per heavy atom. The van der Waals surface area contributed by atoms with Gasteiger partial charge in [-0.1, -0.05) is 0 Å². The van der Waals surface area contributed by atoms with Crippen molar-refractivity contribution in [3.63, 3.8) is 0 Å². The van der Waals surface area contributed by atoms with Crippen molar-refractivity contribution in [3.05, 3.63) is 12.4 Å². The van der Waals surface area contributed by atoms with Crippen molar-refractivity contribution in [2.45, 2.75) is 36.7 Å². The molecule has 1 aliphatic heterocycles. The van der Waals surface area contributed by atoms with Crippen molar-refractivity contribution >= 4 is 21.9 Å². The summed E-state index contributed by atoms with van der Waals surface area (Å²) in [6, 6.07) is -0.819. The summed E-state index contributed by atoms with van der Waals surface area (Å²) in [5.74, 6) is -1.48. The predicted molar refractivity (Wildman–Crippen MR) is 70.8 cm³/mol. The molecule has 0 spiro atoms. The number of aliphatic carboxylic acids is 1. The molecular formula is C11H16N4O5S. The number of carbonyl (C=O) groups excluding carboxylic acids is 1. The molecule has 2 rings (SSSR count). The van der Waals surface area contributed by atoms with Crippen molar-refractivity contribution in [2.24, 2.45) is 0 Å². The number of rotatable bonds is 5. The molecule has 1 aliphatic rings. The van der Waals surface area contributed by atoms with Crippen molar-refractivity contribution in [2.75, 3.05) is 6.54 Å². The molecule has 3 N–H and O–H groups in total. The number of aromatic nitrogens is 2. The average molecular weight is 316 g/mol. The third-order valence-electron chi connectivity index (χ3n) is 3.05. The van der Waals surface area contributed by atoms with Crippen LogP contribution < -0.4 is 10.0 Å². The van der Waals surface area contributed by atoms with E-state index >= 15 is 0 Å². The molecule has 0 radical (unpaired) electrons. The highest BCUT2D eigenvalue weighted by atomic mass is 32.2. The van der Waals surface area contributed by atoms with E-state index in [1.54, 1.807) is 0 Å². The van der Waals surface area contributed by atoms with Gasteiger partial charge in [-0.2, -0.15) is 9.82 Å². The molecule has 2 heterocycles. The minimum atomic E-state index is -3.91. The standard InChI is InChI=1S/C11H16N4O5S/c16-10(17)7-15-6-8(5-13-15)21(19,20)14-9-3-1-2-4-12-11(9)18/h5-6,9,14H,1-4,7H2,(H,12,18)(H,16,17). The Morgan fingerprint density at radius 3 is 3.00 bits per heavy atom. The molecule has 1 aromatic heterocycles. The van der Waals surface area contributed by atoms with E-state index in [0.29, 0.717) is 13.0 Å². The van der Waals surface area contributed by atoms with Crippen molar-refractivity contribution in [1.82, 2.24) is 19.8 Å². The van der Waals surface area contributed by atoms with Gasteiger partial charge in [-0.25, -0.2) is 8.42 Å². The summed E-state index contributed by atoms with van der Waals surface area (Å²) in [6.45, 7) is 0.104. The smallest absolute Gasteiger partial charge is 0.325 e. The van der Waals surface area contributed by atoms with Gasteiger partial charge in [0, 0.05) is 12.7 Å². The van der Waals surface area contributed by atoms with Crippen molar-refractivity contribution in [3.8, 4) is 0 Å². The first kappa shape index (κ1) is 15.4. The minimum Gasteiger partial charge on any atom is -0.480 e. The topological polar surface area (TPSA) is 130 Å². The van der Waals surface area contributed by atoms with Crippen LogP contribution in [0.3, 0.4) is 0 Å². The number of carbonyl (C=O) groups is 2. The van der Waals surface area contributed by atoms with Gasteiger partial charge >= 0.3 is 5.97 Å². The third kappa shape index (κ3) is 4.02. The molecule has 1 atom stereocenters. The molecular weight excluding hydrogens is 300 g/mol. The molecule has 0 aromatic carbocycles. The molecule has 1 saturated heterocycles. The van der Waals surface area contributed by atoms with Crippen LogP contribution in [-0.4, -0.2) is 47.8 Å². The van der Waals surface area contributed by atoms with E-state index in [1.807, 2.05) is 0 Å². The summed E-state index contributed by atoms with van der Waals surface area (Å²) in [5.41, 5.74) is 0. The van der Waals surface area contributed by atoms with Crippen LogP contribution in [0.2, 0.25) is 0 Å². The van der Waals surface area contributed by atoms with Gasteiger partial charge in [0.2, 0.25) is 15.9 Å². The molecule has 9 nitrogen and oxygen atoms in total. The maximum absolute atomic E-state index is 12.2. The highest BCUT2D eigenvalue weighted by Crippen LogP contribution is 2.12. The molecule has 1 amide bonds. The largest absolute Gasteiger partial charge is 0.480 e. The average Bonchev–Trinajstić information content (AvgIpc) is 2.76. The molecule has 0 saturated carbocycles. The van der Waals surface area contributed by atoms with Crippen molar-refractivity contribution < 1.29 is 23.1 Å². The van der Waals surface area contributed by atoms with E-state index in [2.05, 4.69) is 15.1 Å². The highest BCUT2D eigenvalue weighted by Gasteiger charge is 2.27. The fraction of sp³-hybridized carbons (Fsp3) is 0.545. The Kier molecular flexibility index (Phi) is 4.58. The SMILES string of the molecule is O=C(O)Cn1cc(S(=O)(=O)NC2CCCCNC2=O)cn1. The molecule has 1 aromatic rings. The minimum absolute atomic E-state index is 0.166. The maximum atomic E-state index is 12.2. The Bertz CT molecular complexity index is 639. The number of hydrogen-bond donors (Lipinski definition) is 3. The Labute approximate surface area is 121 Å². The summed E-state index contributed by atoms with van der Waals surface area (Å²) in [5, 5.41) is 14.9. The van der Waals surface area contributed by atoms with Crippen molar-refractivity contribution in [1.29, 1.82) is 0 Å². The molecule has 116 valence electrons. The monoisotopic (exact) mass is 316 g/mol. The van der Waals surface area contributed by atoms with Gasteiger partial charge in [-0.15, -0.1) is 0 Å². The van der Waals surface area contributed by atoms with Gasteiger partial charge in [-0.05, 0) is 19.3 Å². The normalized spacial score (nSPS) is 19.8. The van der Waals surface area contributed by atoms with Gasteiger partial charge in [0.1, 0.15) is 17.5 Å². The fourth-order valence-corrected chi connectivity index (χ4v) is 3.20. The zero-order valence-corrected chi connectivity index (χ0v) is 12.0. The number of carboxylic acids is 1. The van der Waals surface area contributed by atoms with E-state index in [0.717, 1.165) is 29.9 Å². The highest BCUT2D eigenvalue weighted by molar-refractivity contribution is 7.89. The second kappa shape index (κ2) is 6.22. The first-order chi connectivity index (χ1) is 9.88. The number of sulfonamides is 1. The molecule has 1 unspecified atom stereocenters. The third-order valence-corrected chi connectivity index (χ3v) is 4.48. The lowest BCUT2D eigenvalue weighted by molar-refractivity contribution is -0.137. The van der Waals surface area contributed by atoms with Crippen LogP contribution in [0, 0.1) is 0 Å². The van der Waals surface area contributed by atoms with Gasteiger partial charge in [0.15, 0.2) is 0 Å². The first-order valence-corrected chi connectivity index (χ1v) is 7.91. The molecule has 0 bridgehead atoms. The first-order valence-electron chi connectivity index (χ1n) is 6.43. The van der Waals surface area contributed by atoms with Gasteiger partial charge in [0.05, 0.1) is 6.20 Å². The molecule has 10 heteroatoms. The van der Waals surface area contributed by atoms with Crippen LogP contribution >= 0.6 is 0 Å². The maximum Gasteiger partial charge on any atom is 0.325 e. The second-order valence-corrected chi connectivity index (χ2v) is 6.44. The summed E-state index contributed by atoms with van der Waals surface area (Å²) >= 11 is 0. The van der Waals surface area contributed by atoms with Crippen LogP contribution in [0.1, 0.15) is 19.3 Å². The second-order valence-electron chi connectivity index (χ2n) is 4.73. The molecule has 1 fully saturated rings. The van der Waals surface area contributed by atoms with E-state index in [1.165, 1.54) is 0 Å². The van der Waals surface area contributed by atoms with Gasteiger partial charge in [-0.3, -0.25) is 14.3 Å². The molecule has 0 aliphatic carbocycles. The summed E-state index contributed by atoms with van der Waals surface area (Å²) in [4.78, 5) is 22.1. The number of hydrogen-bond acceptors (Lipinski definition) is 5. The zero-order chi connectivity index (χ0) is 15.5. The Hall–Kier alpha value is -1.94. The summed E-state index contributed by atoms with van der Waals surface area (Å²) in [7, 11) is -3.91. The van der Waals surface area contributed by atoms with Gasteiger partial charge in [0.25, 0.3) is 0 Å². The van der Waals surface area contributed by atoms with Crippen LogP contribution in [0.25, 0.3) is 0 Å². The summed E-state index contributed by atoms with van der Waals surface area (Å²) < 4.78 is 27.7. The van der Waals surface area contributed by atoms with Crippen LogP contribution in [0.4, 0.5) is 0 Å². The number of amides is 1. The summed E-state index contributed by atoms with van der Waals surface area (Å²) in [6.07, 6.45) is 4.14. The number of carboxylic acid groups (broad SMARTS) is 1. The fourth-order valence-electron chi connectivity index (χ4n) is 2.02.